The van der Waals surface area contributed by atoms with Gasteiger partial charge < -0.3 is 15.4 Å². The molecule has 3 nitrogen and oxygen atoms in total. The number of rotatable bonds is 6. The predicted octanol–water partition coefficient (Wildman–Crippen LogP) is 4.61. The molecule has 2 rings (SSSR count). The van der Waals surface area contributed by atoms with E-state index in [0.29, 0.717) is 11.7 Å². The first-order valence-corrected chi connectivity index (χ1v) is 7.98. The number of thiocarbonyl (C=S) groups is 1. The third-order valence-electron chi connectivity index (χ3n) is 3.48. The maximum Gasteiger partial charge on any atom is 0.171 e. The molecule has 4 heteroatoms. The molecule has 2 aromatic carbocycles. The lowest BCUT2D eigenvalue weighted by Crippen LogP contribution is -2.31. The van der Waals surface area contributed by atoms with Crippen molar-refractivity contribution in [1.29, 1.82) is 0 Å². The van der Waals surface area contributed by atoms with Crippen molar-refractivity contribution in [2.75, 3.05) is 11.9 Å². The maximum atomic E-state index is 5.46. The molecule has 23 heavy (non-hydrogen) atoms. The van der Waals surface area contributed by atoms with E-state index in [9.17, 15) is 0 Å². The second-order valence-corrected chi connectivity index (χ2v) is 5.71. The monoisotopic (exact) mass is 326 g/mol. The van der Waals surface area contributed by atoms with Gasteiger partial charge in [0.05, 0.1) is 6.04 Å². The number of benzene rings is 2. The van der Waals surface area contributed by atoms with Crippen molar-refractivity contribution in [3.8, 4) is 5.75 Å². The molecule has 0 aliphatic heterocycles. The van der Waals surface area contributed by atoms with Gasteiger partial charge in [-0.05, 0) is 61.5 Å². The molecule has 0 bridgehead atoms. The first-order valence-electron chi connectivity index (χ1n) is 7.57. The molecule has 0 aromatic heterocycles. The highest BCUT2D eigenvalue weighted by Crippen LogP contribution is 2.18. The molecule has 0 spiro atoms. The van der Waals surface area contributed by atoms with Crippen LogP contribution in [0.4, 0.5) is 5.69 Å². The molecule has 120 valence electrons. The van der Waals surface area contributed by atoms with E-state index in [4.69, 9.17) is 17.0 Å². The van der Waals surface area contributed by atoms with Crippen molar-refractivity contribution < 1.29 is 4.74 Å². The van der Waals surface area contributed by atoms with Gasteiger partial charge in [-0.15, -0.1) is 0 Å². The first kappa shape index (κ1) is 17.0. The quantitative estimate of drug-likeness (QED) is 0.600. The molecule has 0 fully saturated rings. The maximum absolute atomic E-state index is 5.46. The molecule has 0 amide bonds. The topological polar surface area (TPSA) is 33.3 Å². The van der Waals surface area contributed by atoms with E-state index in [1.165, 1.54) is 11.1 Å². The summed E-state index contributed by atoms with van der Waals surface area (Å²) in [4.78, 5) is 0. The zero-order chi connectivity index (χ0) is 16.7. The molecule has 2 N–H and O–H groups in total. The summed E-state index contributed by atoms with van der Waals surface area (Å²) in [5.74, 6) is 0.808. The summed E-state index contributed by atoms with van der Waals surface area (Å²) in [6.45, 7) is 8.33. The van der Waals surface area contributed by atoms with Crippen LogP contribution in [0.5, 0.6) is 5.75 Å². The van der Waals surface area contributed by atoms with E-state index >= 15 is 0 Å². The number of hydrogen-bond donors (Lipinski definition) is 2. The van der Waals surface area contributed by atoms with Gasteiger partial charge in [0.1, 0.15) is 12.4 Å². The van der Waals surface area contributed by atoms with Crippen LogP contribution in [0.15, 0.2) is 61.2 Å². The largest absolute Gasteiger partial charge is 0.490 e. The standard InChI is InChI=1S/C19H22N2OS/c1-4-13-22-17-11-9-16(10-12-17)21-19(23)20-15(3)18-8-6-5-7-14(18)2/h4-12,15H,1,13H2,2-3H3,(H2,20,21,23)/t15-/m1/s1. The molecule has 0 heterocycles. The van der Waals surface area contributed by atoms with Crippen molar-refractivity contribution in [3.05, 3.63) is 72.3 Å². The van der Waals surface area contributed by atoms with Crippen LogP contribution in [-0.4, -0.2) is 11.7 Å². The smallest absolute Gasteiger partial charge is 0.171 e. The van der Waals surface area contributed by atoms with Crippen LogP contribution >= 0.6 is 12.2 Å². The zero-order valence-corrected chi connectivity index (χ0v) is 14.3. The van der Waals surface area contributed by atoms with E-state index in [2.05, 4.69) is 43.2 Å². The number of aryl methyl sites for hydroxylation is 1. The Morgan fingerprint density at radius 2 is 1.91 bits per heavy atom. The Labute approximate surface area is 143 Å². The van der Waals surface area contributed by atoms with E-state index in [0.717, 1.165) is 11.4 Å². The highest BCUT2D eigenvalue weighted by Gasteiger charge is 2.09. The van der Waals surface area contributed by atoms with Gasteiger partial charge in [0.15, 0.2) is 5.11 Å². The van der Waals surface area contributed by atoms with Crippen molar-refractivity contribution in [2.24, 2.45) is 0 Å². The molecular weight excluding hydrogens is 304 g/mol. The van der Waals surface area contributed by atoms with Crippen LogP contribution in [0, 0.1) is 6.92 Å². The number of anilines is 1. The van der Waals surface area contributed by atoms with Crippen LogP contribution in [0.3, 0.4) is 0 Å². The molecule has 2 aromatic rings. The van der Waals surface area contributed by atoms with Crippen LogP contribution < -0.4 is 15.4 Å². The summed E-state index contributed by atoms with van der Waals surface area (Å²) in [6, 6.07) is 16.1. The van der Waals surface area contributed by atoms with E-state index in [1.54, 1.807) is 6.08 Å². The summed E-state index contributed by atoms with van der Waals surface area (Å²) in [7, 11) is 0. The van der Waals surface area contributed by atoms with Crippen molar-refractivity contribution in [1.82, 2.24) is 5.32 Å². The van der Waals surface area contributed by atoms with Crippen LogP contribution in [0.1, 0.15) is 24.1 Å². The van der Waals surface area contributed by atoms with Gasteiger partial charge in [-0.1, -0.05) is 36.9 Å². The molecule has 0 aliphatic carbocycles. The minimum Gasteiger partial charge on any atom is -0.490 e. The molecular formula is C19H22N2OS. The minimum absolute atomic E-state index is 0.145. The third kappa shape index (κ3) is 5.11. The van der Waals surface area contributed by atoms with Crippen LogP contribution in [0.25, 0.3) is 0 Å². The van der Waals surface area contributed by atoms with Crippen molar-refractivity contribution in [2.45, 2.75) is 19.9 Å². The Morgan fingerprint density at radius 3 is 2.57 bits per heavy atom. The predicted molar refractivity (Wildman–Crippen MR) is 101 cm³/mol. The van der Waals surface area contributed by atoms with E-state index in [1.807, 2.05) is 36.4 Å². The highest BCUT2D eigenvalue weighted by molar-refractivity contribution is 7.80. The summed E-state index contributed by atoms with van der Waals surface area (Å²) in [6.07, 6.45) is 1.72. The molecule has 0 radical (unpaired) electrons. The van der Waals surface area contributed by atoms with Gasteiger partial charge in [-0.25, -0.2) is 0 Å². The number of nitrogens with one attached hydrogen (secondary N) is 2. The lowest BCUT2D eigenvalue weighted by Gasteiger charge is -2.19. The summed E-state index contributed by atoms with van der Waals surface area (Å²) < 4.78 is 5.46. The Morgan fingerprint density at radius 1 is 1.22 bits per heavy atom. The minimum atomic E-state index is 0.145. The zero-order valence-electron chi connectivity index (χ0n) is 13.5. The molecule has 0 saturated heterocycles. The van der Waals surface area contributed by atoms with E-state index < -0.39 is 0 Å². The van der Waals surface area contributed by atoms with Crippen LogP contribution in [-0.2, 0) is 0 Å². The molecule has 1 atom stereocenters. The molecule has 0 aliphatic rings. The number of ether oxygens (including phenoxy) is 1. The van der Waals surface area contributed by atoms with Gasteiger partial charge in [0, 0.05) is 5.69 Å². The molecule has 0 saturated carbocycles. The van der Waals surface area contributed by atoms with Gasteiger partial charge >= 0.3 is 0 Å². The summed E-state index contributed by atoms with van der Waals surface area (Å²) in [5.41, 5.74) is 3.41. The lowest BCUT2D eigenvalue weighted by molar-refractivity contribution is 0.363. The second kappa shape index (κ2) is 8.34. The first-order chi connectivity index (χ1) is 11.1. The van der Waals surface area contributed by atoms with Gasteiger partial charge in [-0.3, -0.25) is 0 Å². The van der Waals surface area contributed by atoms with Crippen molar-refractivity contribution >= 4 is 23.0 Å². The molecule has 0 unspecified atom stereocenters. The van der Waals surface area contributed by atoms with Gasteiger partial charge in [0.2, 0.25) is 0 Å². The Kier molecular flexibility index (Phi) is 6.18. The SMILES string of the molecule is C=CCOc1ccc(NC(=S)N[C@H](C)c2ccccc2C)cc1. The highest BCUT2D eigenvalue weighted by atomic mass is 32.1. The number of hydrogen-bond acceptors (Lipinski definition) is 2. The van der Waals surface area contributed by atoms with Crippen molar-refractivity contribution in [3.63, 3.8) is 0 Å². The van der Waals surface area contributed by atoms with E-state index in [-0.39, 0.29) is 6.04 Å². The van der Waals surface area contributed by atoms with Crippen LogP contribution in [0.2, 0.25) is 0 Å². The fourth-order valence-corrected chi connectivity index (χ4v) is 2.60. The fraction of sp³-hybridized carbons (Fsp3) is 0.211. The lowest BCUT2D eigenvalue weighted by atomic mass is 10.0. The van der Waals surface area contributed by atoms with Gasteiger partial charge in [0.25, 0.3) is 0 Å². The summed E-state index contributed by atoms with van der Waals surface area (Å²) >= 11 is 5.39. The fourth-order valence-electron chi connectivity index (χ4n) is 2.30. The Balaban J connectivity index is 1.91. The van der Waals surface area contributed by atoms with Gasteiger partial charge in [-0.2, -0.15) is 0 Å². The normalized spacial score (nSPS) is 11.4. The Bertz CT molecular complexity index is 667. The second-order valence-electron chi connectivity index (χ2n) is 5.30. The average molecular weight is 326 g/mol. The summed E-state index contributed by atoms with van der Waals surface area (Å²) in [5, 5.41) is 7.10. The Hall–Kier alpha value is -2.33. The average Bonchev–Trinajstić information content (AvgIpc) is 2.54. The third-order valence-corrected chi connectivity index (χ3v) is 3.70.